The smallest absolute Gasteiger partial charge is 0.161 e. The van der Waals surface area contributed by atoms with Crippen molar-refractivity contribution in [3.05, 3.63) is 53.1 Å². The van der Waals surface area contributed by atoms with Crippen LogP contribution in [0.15, 0.2) is 30.6 Å². The Balaban J connectivity index is 2.00. The number of aryl methyl sites for hydroxylation is 3. The van der Waals surface area contributed by atoms with E-state index in [9.17, 15) is 0 Å². The minimum Gasteiger partial charge on any atom is -0.347 e. The van der Waals surface area contributed by atoms with Gasteiger partial charge >= 0.3 is 0 Å². The molecule has 0 amide bonds. The van der Waals surface area contributed by atoms with E-state index in [1.54, 1.807) is 6.33 Å². The summed E-state index contributed by atoms with van der Waals surface area (Å²) in [6.45, 7) is 2.15. The third-order valence-electron chi connectivity index (χ3n) is 2.92. The zero-order valence-corrected chi connectivity index (χ0v) is 9.90. The molecule has 2 rings (SSSR count). The van der Waals surface area contributed by atoms with Crippen LogP contribution in [-0.2, 0) is 19.3 Å². The van der Waals surface area contributed by atoms with Crippen molar-refractivity contribution in [2.24, 2.45) is 0 Å². The second-order valence-electron chi connectivity index (χ2n) is 4.01. The predicted octanol–water partition coefficient (Wildman–Crippen LogP) is 2.63. The van der Waals surface area contributed by atoms with E-state index in [-0.39, 0.29) is 0 Å². The minimum absolute atomic E-state index is 0.509. The summed E-state index contributed by atoms with van der Waals surface area (Å²) in [5, 5.41) is 8.84. The molecular weight excluding hydrogens is 210 g/mol. The molecule has 0 atom stereocenters. The van der Waals surface area contributed by atoms with Crippen molar-refractivity contribution < 1.29 is 0 Å². The summed E-state index contributed by atoms with van der Waals surface area (Å²) in [6.07, 6.45) is 4.41. The summed E-state index contributed by atoms with van der Waals surface area (Å²) in [7, 11) is 0. The lowest BCUT2D eigenvalue weighted by atomic mass is 10.0. The van der Waals surface area contributed by atoms with Crippen molar-refractivity contribution in [3.63, 3.8) is 0 Å². The SMILES string of the molecule is CCc1ccc(CCc2[nH]cnc2C#N)cc1. The van der Waals surface area contributed by atoms with Crippen molar-refractivity contribution >= 4 is 0 Å². The van der Waals surface area contributed by atoms with Crippen LogP contribution < -0.4 is 0 Å². The number of nitriles is 1. The minimum atomic E-state index is 0.509. The molecule has 1 aromatic carbocycles. The van der Waals surface area contributed by atoms with Crippen LogP contribution in [0.5, 0.6) is 0 Å². The Labute approximate surface area is 101 Å². The van der Waals surface area contributed by atoms with Gasteiger partial charge in [0.1, 0.15) is 6.07 Å². The first-order chi connectivity index (χ1) is 8.33. The van der Waals surface area contributed by atoms with Crippen molar-refractivity contribution in [1.82, 2.24) is 9.97 Å². The molecule has 0 aliphatic carbocycles. The van der Waals surface area contributed by atoms with Gasteiger partial charge in [-0.2, -0.15) is 5.26 Å². The number of nitrogens with zero attached hydrogens (tertiary/aromatic N) is 2. The lowest BCUT2D eigenvalue weighted by Crippen LogP contribution is -1.94. The summed E-state index contributed by atoms with van der Waals surface area (Å²) in [5.74, 6) is 0. The summed E-state index contributed by atoms with van der Waals surface area (Å²) in [5.41, 5.74) is 4.08. The Morgan fingerprint density at radius 2 is 1.88 bits per heavy atom. The average molecular weight is 225 g/mol. The van der Waals surface area contributed by atoms with Crippen molar-refractivity contribution in [2.75, 3.05) is 0 Å². The Morgan fingerprint density at radius 3 is 2.53 bits per heavy atom. The molecule has 0 aliphatic heterocycles. The van der Waals surface area contributed by atoms with E-state index in [1.165, 1.54) is 11.1 Å². The summed E-state index contributed by atoms with van der Waals surface area (Å²) in [4.78, 5) is 6.97. The van der Waals surface area contributed by atoms with Crippen LogP contribution in [-0.4, -0.2) is 9.97 Å². The van der Waals surface area contributed by atoms with Crippen LogP contribution in [0.2, 0.25) is 0 Å². The monoisotopic (exact) mass is 225 g/mol. The van der Waals surface area contributed by atoms with E-state index in [0.29, 0.717) is 5.69 Å². The van der Waals surface area contributed by atoms with Crippen molar-refractivity contribution in [3.8, 4) is 6.07 Å². The van der Waals surface area contributed by atoms with Gasteiger partial charge in [0, 0.05) is 0 Å². The van der Waals surface area contributed by atoms with Gasteiger partial charge in [-0.25, -0.2) is 4.98 Å². The second kappa shape index (κ2) is 5.31. The molecular formula is C14H15N3. The lowest BCUT2D eigenvalue weighted by molar-refractivity contribution is 0.919. The molecule has 1 N–H and O–H groups in total. The molecule has 86 valence electrons. The van der Waals surface area contributed by atoms with Crippen LogP contribution in [0, 0.1) is 11.3 Å². The number of hydrogen-bond acceptors (Lipinski definition) is 2. The first-order valence-corrected chi connectivity index (χ1v) is 5.83. The fraction of sp³-hybridized carbons (Fsp3) is 0.286. The van der Waals surface area contributed by atoms with Gasteiger partial charge in [-0.1, -0.05) is 31.2 Å². The number of benzene rings is 1. The van der Waals surface area contributed by atoms with E-state index in [4.69, 9.17) is 5.26 Å². The standard InChI is InChI=1S/C14H15N3/c1-2-11-3-5-12(6-4-11)7-8-13-14(9-15)17-10-16-13/h3-6,10H,2,7-8H2,1H3,(H,16,17). The quantitative estimate of drug-likeness (QED) is 0.869. The number of aromatic nitrogens is 2. The highest BCUT2D eigenvalue weighted by Gasteiger charge is 2.04. The fourth-order valence-corrected chi connectivity index (χ4v) is 1.82. The van der Waals surface area contributed by atoms with Gasteiger partial charge in [0.05, 0.1) is 12.0 Å². The number of aromatic amines is 1. The highest BCUT2D eigenvalue weighted by molar-refractivity contribution is 5.27. The molecule has 0 radical (unpaired) electrons. The Kier molecular flexibility index (Phi) is 3.56. The Hall–Kier alpha value is -2.08. The van der Waals surface area contributed by atoms with Crippen LogP contribution >= 0.6 is 0 Å². The summed E-state index contributed by atoms with van der Waals surface area (Å²) in [6, 6.07) is 10.7. The zero-order chi connectivity index (χ0) is 12.1. The molecule has 0 aliphatic rings. The normalized spacial score (nSPS) is 10.1. The van der Waals surface area contributed by atoms with Gasteiger partial charge in [0.25, 0.3) is 0 Å². The number of nitrogens with one attached hydrogen (secondary N) is 1. The van der Waals surface area contributed by atoms with E-state index in [0.717, 1.165) is 25.0 Å². The predicted molar refractivity (Wildman–Crippen MR) is 66.5 cm³/mol. The lowest BCUT2D eigenvalue weighted by Gasteiger charge is -2.02. The highest BCUT2D eigenvalue weighted by Crippen LogP contribution is 2.10. The third kappa shape index (κ3) is 2.73. The number of imidazole rings is 1. The molecule has 1 heterocycles. The van der Waals surface area contributed by atoms with Gasteiger partial charge in [-0.05, 0) is 30.4 Å². The summed E-state index contributed by atoms with van der Waals surface area (Å²) < 4.78 is 0. The Bertz CT molecular complexity index is 517. The molecule has 3 nitrogen and oxygen atoms in total. The van der Waals surface area contributed by atoms with Crippen LogP contribution in [0.1, 0.15) is 29.4 Å². The van der Waals surface area contributed by atoms with E-state index < -0.39 is 0 Å². The van der Waals surface area contributed by atoms with Crippen LogP contribution in [0.3, 0.4) is 0 Å². The average Bonchev–Trinajstić information content (AvgIpc) is 2.84. The van der Waals surface area contributed by atoms with E-state index in [1.807, 2.05) is 0 Å². The van der Waals surface area contributed by atoms with Crippen molar-refractivity contribution in [2.45, 2.75) is 26.2 Å². The molecule has 2 aromatic rings. The molecule has 0 saturated carbocycles. The molecule has 1 aromatic heterocycles. The molecule has 0 bridgehead atoms. The number of rotatable bonds is 4. The first-order valence-electron chi connectivity index (χ1n) is 5.83. The molecule has 0 saturated heterocycles. The largest absolute Gasteiger partial charge is 0.347 e. The molecule has 3 heteroatoms. The first kappa shape index (κ1) is 11.4. The number of hydrogen-bond donors (Lipinski definition) is 1. The molecule has 0 spiro atoms. The maximum absolute atomic E-state index is 8.84. The van der Waals surface area contributed by atoms with Gasteiger partial charge in [0.2, 0.25) is 0 Å². The topological polar surface area (TPSA) is 52.5 Å². The summed E-state index contributed by atoms with van der Waals surface area (Å²) >= 11 is 0. The number of H-pyrrole nitrogens is 1. The van der Waals surface area contributed by atoms with Gasteiger partial charge in [-0.3, -0.25) is 0 Å². The van der Waals surface area contributed by atoms with Crippen LogP contribution in [0.25, 0.3) is 0 Å². The molecule has 17 heavy (non-hydrogen) atoms. The zero-order valence-electron chi connectivity index (χ0n) is 9.90. The van der Waals surface area contributed by atoms with Crippen LogP contribution in [0.4, 0.5) is 0 Å². The van der Waals surface area contributed by atoms with Gasteiger partial charge in [0.15, 0.2) is 5.69 Å². The highest BCUT2D eigenvalue weighted by atomic mass is 14.9. The molecule has 0 unspecified atom stereocenters. The maximum atomic E-state index is 8.84. The fourth-order valence-electron chi connectivity index (χ4n) is 1.82. The maximum Gasteiger partial charge on any atom is 0.161 e. The van der Waals surface area contributed by atoms with Gasteiger partial charge < -0.3 is 4.98 Å². The Morgan fingerprint density at radius 1 is 1.18 bits per heavy atom. The second-order valence-corrected chi connectivity index (χ2v) is 4.01. The van der Waals surface area contributed by atoms with Gasteiger partial charge in [-0.15, -0.1) is 0 Å². The molecule has 0 fully saturated rings. The third-order valence-corrected chi connectivity index (χ3v) is 2.92. The van der Waals surface area contributed by atoms with E-state index in [2.05, 4.69) is 47.2 Å². The van der Waals surface area contributed by atoms with E-state index >= 15 is 0 Å². The van der Waals surface area contributed by atoms with Crippen molar-refractivity contribution in [1.29, 1.82) is 5.26 Å².